The highest BCUT2D eigenvalue weighted by Gasteiger charge is 2.26. The van der Waals surface area contributed by atoms with E-state index in [1.807, 2.05) is 15.5 Å². The summed E-state index contributed by atoms with van der Waals surface area (Å²) in [5, 5.41) is 9.22. The Morgan fingerprint density at radius 1 is 1.22 bits per heavy atom. The number of anilines is 2. The molecule has 3 heterocycles. The van der Waals surface area contributed by atoms with Crippen LogP contribution in [0.2, 0.25) is 0 Å². The summed E-state index contributed by atoms with van der Waals surface area (Å²) >= 11 is 1.51. The summed E-state index contributed by atoms with van der Waals surface area (Å²) in [5.41, 5.74) is 1.19. The average molecular weight is 459 g/mol. The van der Waals surface area contributed by atoms with Crippen molar-refractivity contribution in [1.82, 2.24) is 19.5 Å². The van der Waals surface area contributed by atoms with Gasteiger partial charge in [0, 0.05) is 43.7 Å². The van der Waals surface area contributed by atoms with E-state index in [9.17, 15) is 9.18 Å². The fraction of sp³-hybridized carbons (Fsp3) is 0.522. The summed E-state index contributed by atoms with van der Waals surface area (Å²) in [6.45, 7) is 13.3. The molecule has 1 fully saturated rings. The van der Waals surface area contributed by atoms with E-state index in [1.165, 1.54) is 23.5 Å². The normalized spacial score (nSPS) is 15.1. The highest BCUT2D eigenvalue weighted by molar-refractivity contribution is 7.20. The molecule has 1 aliphatic rings. The number of piperazine rings is 1. The Morgan fingerprint density at radius 3 is 2.56 bits per heavy atom. The summed E-state index contributed by atoms with van der Waals surface area (Å²) in [7, 11) is 0. The molecule has 3 aromatic rings. The second-order valence-corrected chi connectivity index (χ2v) is 10.7. The van der Waals surface area contributed by atoms with E-state index >= 15 is 0 Å². The number of fused-ring (bicyclic) bond motifs is 1. The zero-order valence-corrected chi connectivity index (χ0v) is 20.2. The summed E-state index contributed by atoms with van der Waals surface area (Å²) in [6.07, 6.45) is 0.593. The van der Waals surface area contributed by atoms with Crippen LogP contribution in [-0.2, 0) is 4.79 Å². The lowest BCUT2D eigenvalue weighted by atomic mass is 10.1. The summed E-state index contributed by atoms with van der Waals surface area (Å²) in [6, 6.07) is 6.48. The molecule has 0 bridgehead atoms. The quantitative estimate of drug-likeness (QED) is 0.610. The molecule has 32 heavy (non-hydrogen) atoms. The number of halogens is 1. The highest BCUT2D eigenvalue weighted by Crippen LogP contribution is 2.35. The van der Waals surface area contributed by atoms with Gasteiger partial charge in [0.05, 0.1) is 0 Å². The Labute approximate surface area is 192 Å². The van der Waals surface area contributed by atoms with Gasteiger partial charge < -0.3 is 15.1 Å². The summed E-state index contributed by atoms with van der Waals surface area (Å²) < 4.78 is 15.7. The second-order valence-electron chi connectivity index (χ2n) is 9.74. The molecule has 1 saturated heterocycles. The molecule has 0 atom stereocenters. The predicted octanol–water partition coefficient (Wildman–Crippen LogP) is 4.50. The van der Waals surface area contributed by atoms with Gasteiger partial charge in [-0.1, -0.05) is 37.3 Å². The van der Waals surface area contributed by atoms with E-state index in [0.717, 1.165) is 29.0 Å². The summed E-state index contributed by atoms with van der Waals surface area (Å²) in [5.74, 6) is 1.06. The Bertz CT molecular complexity index is 1110. The minimum Gasteiger partial charge on any atom is -0.364 e. The topological polar surface area (TPSA) is 65.8 Å². The Morgan fingerprint density at radius 2 is 1.94 bits per heavy atom. The second kappa shape index (κ2) is 8.69. The standard InChI is InChI=1S/C23H31FN6OS/c1-15(2)13-18(31)28-9-11-29(12-10-28)22-27-30-20(26-23(3,4)5)19(25-21(30)32-22)16-7-6-8-17(24)14-16/h6-8,14-15,26H,9-13H2,1-5H3. The highest BCUT2D eigenvalue weighted by atomic mass is 32.1. The molecule has 0 aliphatic carbocycles. The lowest BCUT2D eigenvalue weighted by Crippen LogP contribution is -2.49. The molecule has 4 rings (SSSR count). The first kappa shape index (κ1) is 22.5. The number of aromatic nitrogens is 3. The van der Waals surface area contributed by atoms with Crippen LogP contribution in [0.1, 0.15) is 41.0 Å². The van der Waals surface area contributed by atoms with E-state index in [2.05, 4.69) is 44.8 Å². The van der Waals surface area contributed by atoms with Crippen LogP contribution < -0.4 is 10.2 Å². The molecule has 1 N–H and O–H groups in total. The number of carbonyl (C=O) groups excluding carboxylic acids is 1. The molecule has 0 unspecified atom stereocenters. The number of rotatable bonds is 5. The third-order valence-corrected chi connectivity index (χ3v) is 6.24. The van der Waals surface area contributed by atoms with Gasteiger partial charge in [0.1, 0.15) is 11.5 Å². The molecular formula is C23H31FN6OS. The van der Waals surface area contributed by atoms with Gasteiger partial charge in [0.15, 0.2) is 5.82 Å². The molecule has 1 aliphatic heterocycles. The van der Waals surface area contributed by atoms with E-state index in [0.29, 0.717) is 36.7 Å². The van der Waals surface area contributed by atoms with Crippen molar-refractivity contribution in [3.05, 3.63) is 30.1 Å². The van der Waals surface area contributed by atoms with Gasteiger partial charge in [0.25, 0.3) is 0 Å². The Hall–Kier alpha value is -2.68. The Balaban J connectivity index is 1.60. The van der Waals surface area contributed by atoms with E-state index in [1.54, 1.807) is 6.07 Å². The molecule has 1 amide bonds. The number of imidazole rings is 1. The van der Waals surface area contributed by atoms with E-state index < -0.39 is 0 Å². The van der Waals surface area contributed by atoms with Gasteiger partial charge in [-0.05, 0) is 38.8 Å². The van der Waals surface area contributed by atoms with Crippen LogP contribution in [0.15, 0.2) is 24.3 Å². The van der Waals surface area contributed by atoms with Gasteiger partial charge in [-0.2, -0.15) is 4.52 Å². The third kappa shape index (κ3) is 4.87. The van der Waals surface area contributed by atoms with Crippen LogP contribution in [0.25, 0.3) is 16.2 Å². The van der Waals surface area contributed by atoms with Crippen LogP contribution in [0.3, 0.4) is 0 Å². The smallest absolute Gasteiger partial charge is 0.222 e. The predicted molar refractivity (Wildman–Crippen MR) is 128 cm³/mol. The minimum absolute atomic E-state index is 0.218. The number of benzene rings is 1. The minimum atomic E-state index is -0.293. The number of carbonyl (C=O) groups is 1. The first-order chi connectivity index (χ1) is 15.1. The molecule has 2 aromatic heterocycles. The molecule has 1 aromatic carbocycles. The lowest BCUT2D eigenvalue weighted by molar-refractivity contribution is -0.132. The van der Waals surface area contributed by atoms with Crippen molar-refractivity contribution in [1.29, 1.82) is 0 Å². The molecule has 0 spiro atoms. The molecule has 7 nitrogen and oxygen atoms in total. The molecule has 172 valence electrons. The first-order valence-corrected chi connectivity index (χ1v) is 11.9. The number of hydrogen-bond acceptors (Lipinski definition) is 6. The monoisotopic (exact) mass is 458 g/mol. The van der Waals surface area contributed by atoms with Crippen molar-refractivity contribution < 1.29 is 9.18 Å². The first-order valence-electron chi connectivity index (χ1n) is 11.1. The summed E-state index contributed by atoms with van der Waals surface area (Å²) in [4.78, 5) is 22.1. The molecule has 0 radical (unpaired) electrons. The SMILES string of the molecule is CC(C)CC(=O)N1CCN(c2nn3c(NC(C)(C)C)c(-c4cccc(F)c4)nc3s2)CC1. The molecule has 9 heteroatoms. The van der Waals surface area contributed by atoms with Crippen LogP contribution in [0.4, 0.5) is 15.3 Å². The van der Waals surface area contributed by atoms with Crippen LogP contribution in [0.5, 0.6) is 0 Å². The largest absolute Gasteiger partial charge is 0.364 e. The maximum absolute atomic E-state index is 13.9. The van der Waals surface area contributed by atoms with Crippen molar-refractivity contribution in [2.24, 2.45) is 5.92 Å². The van der Waals surface area contributed by atoms with Crippen LogP contribution >= 0.6 is 11.3 Å². The van der Waals surface area contributed by atoms with Gasteiger partial charge in [-0.3, -0.25) is 4.79 Å². The van der Waals surface area contributed by atoms with Gasteiger partial charge >= 0.3 is 0 Å². The molecule has 0 saturated carbocycles. The number of amides is 1. The number of hydrogen-bond donors (Lipinski definition) is 1. The Kier molecular flexibility index (Phi) is 6.11. The third-order valence-electron chi connectivity index (χ3n) is 5.27. The lowest BCUT2D eigenvalue weighted by Gasteiger charge is -2.34. The van der Waals surface area contributed by atoms with Gasteiger partial charge in [-0.25, -0.2) is 9.37 Å². The maximum Gasteiger partial charge on any atom is 0.222 e. The van der Waals surface area contributed by atoms with Crippen molar-refractivity contribution in [2.75, 3.05) is 36.4 Å². The van der Waals surface area contributed by atoms with Gasteiger partial charge in [0.2, 0.25) is 16.0 Å². The number of nitrogens with one attached hydrogen (secondary N) is 1. The van der Waals surface area contributed by atoms with E-state index in [-0.39, 0.29) is 17.3 Å². The number of nitrogens with zero attached hydrogens (tertiary/aromatic N) is 5. The van der Waals surface area contributed by atoms with Crippen LogP contribution in [0, 0.1) is 11.7 Å². The van der Waals surface area contributed by atoms with Crippen molar-refractivity contribution in [3.8, 4) is 11.3 Å². The molecular weight excluding hydrogens is 427 g/mol. The fourth-order valence-corrected chi connectivity index (χ4v) is 4.75. The van der Waals surface area contributed by atoms with Crippen LogP contribution in [-0.4, -0.2) is 57.1 Å². The zero-order chi connectivity index (χ0) is 23.0. The average Bonchev–Trinajstić information content (AvgIpc) is 3.26. The van der Waals surface area contributed by atoms with Gasteiger partial charge in [-0.15, -0.1) is 5.10 Å². The van der Waals surface area contributed by atoms with Crippen molar-refractivity contribution in [3.63, 3.8) is 0 Å². The van der Waals surface area contributed by atoms with Crippen molar-refractivity contribution >= 4 is 33.2 Å². The van der Waals surface area contributed by atoms with Crippen molar-refractivity contribution in [2.45, 2.75) is 46.6 Å². The fourth-order valence-electron chi connectivity index (χ4n) is 3.80. The zero-order valence-electron chi connectivity index (χ0n) is 19.4. The maximum atomic E-state index is 13.9. The van der Waals surface area contributed by atoms with E-state index in [4.69, 9.17) is 10.1 Å².